The highest BCUT2D eigenvalue weighted by atomic mass is 32.2. The number of methoxy groups -OCH3 is 2. The molecule has 158 valence electrons. The Morgan fingerprint density at radius 1 is 0.833 bits per heavy atom. The first-order chi connectivity index (χ1) is 14.5. The average Bonchev–Trinajstić information content (AvgIpc) is 2.79. The Kier molecular flexibility index (Phi) is 7.07. The molecule has 0 aliphatic rings. The SMILES string of the molecule is COc1cccc(C(CF)C(NS(=O)(=O)c2ccccc2)c2cccc(OC)c2)c1. The summed E-state index contributed by atoms with van der Waals surface area (Å²) in [4.78, 5) is 0.112. The quantitative estimate of drug-likeness (QED) is 0.545. The average molecular weight is 430 g/mol. The minimum Gasteiger partial charge on any atom is -0.497 e. The van der Waals surface area contributed by atoms with E-state index in [1.54, 1.807) is 66.7 Å². The zero-order chi connectivity index (χ0) is 21.6. The summed E-state index contributed by atoms with van der Waals surface area (Å²) in [5.74, 6) is 0.353. The zero-order valence-electron chi connectivity index (χ0n) is 16.8. The van der Waals surface area contributed by atoms with Crippen LogP contribution < -0.4 is 14.2 Å². The summed E-state index contributed by atoms with van der Waals surface area (Å²) in [6.45, 7) is -0.771. The highest BCUT2D eigenvalue weighted by molar-refractivity contribution is 7.89. The van der Waals surface area contributed by atoms with Gasteiger partial charge in [-0.2, -0.15) is 0 Å². The fourth-order valence-corrected chi connectivity index (χ4v) is 4.58. The summed E-state index contributed by atoms with van der Waals surface area (Å²) in [7, 11) is -0.841. The molecule has 0 aromatic heterocycles. The molecule has 0 fully saturated rings. The Bertz CT molecular complexity index is 1070. The second kappa shape index (κ2) is 9.73. The van der Waals surface area contributed by atoms with Gasteiger partial charge in [0.25, 0.3) is 0 Å². The minimum atomic E-state index is -3.89. The molecule has 0 aliphatic heterocycles. The van der Waals surface area contributed by atoms with E-state index in [4.69, 9.17) is 9.47 Å². The van der Waals surface area contributed by atoms with Crippen molar-refractivity contribution in [2.24, 2.45) is 0 Å². The molecule has 0 saturated heterocycles. The van der Waals surface area contributed by atoms with Crippen molar-refractivity contribution in [3.05, 3.63) is 90.0 Å². The van der Waals surface area contributed by atoms with Crippen molar-refractivity contribution in [1.29, 1.82) is 0 Å². The summed E-state index contributed by atoms with van der Waals surface area (Å²) in [6, 6.07) is 21.1. The summed E-state index contributed by atoms with van der Waals surface area (Å²) >= 11 is 0. The van der Waals surface area contributed by atoms with Crippen molar-refractivity contribution in [3.8, 4) is 11.5 Å². The first kappa shape index (κ1) is 21.8. The predicted molar refractivity (Wildman–Crippen MR) is 114 cm³/mol. The van der Waals surface area contributed by atoms with Gasteiger partial charge in [-0.3, -0.25) is 4.39 Å². The molecule has 1 N–H and O–H groups in total. The van der Waals surface area contributed by atoms with E-state index in [2.05, 4.69) is 4.72 Å². The normalized spacial score (nSPS) is 13.4. The lowest BCUT2D eigenvalue weighted by Crippen LogP contribution is -2.33. The van der Waals surface area contributed by atoms with Crippen LogP contribution in [0, 0.1) is 0 Å². The molecule has 2 unspecified atom stereocenters. The second-order valence-corrected chi connectivity index (χ2v) is 8.44. The molecule has 3 aromatic rings. The molecule has 0 bridgehead atoms. The molecule has 30 heavy (non-hydrogen) atoms. The highest BCUT2D eigenvalue weighted by Crippen LogP contribution is 2.35. The standard InChI is InChI=1S/C23H24FNO4S/c1-28-19-10-6-8-17(14-19)22(16-24)23(18-9-7-11-20(15-18)29-2)25-30(26,27)21-12-4-3-5-13-21/h3-15,22-23,25H,16H2,1-2H3. The minimum absolute atomic E-state index is 0.112. The lowest BCUT2D eigenvalue weighted by Gasteiger charge is -2.27. The summed E-state index contributed by atoms with van der Waals surface area (Å²) in [5.41, 5.74) is 1.22. The molecule has 0 amide bonds. The van der Waals surface area contributed by atoms with Gasteiger partial charge in [-0.25, -0.2) is 13.1 Å². The number of alkyl halides is 1. The number of benzene rings is 3. The Hall–Kier alpha value is -2.90. The number of sulfonamides is 1. The first-order valence-electron chi connectivity index (χ1n) is 9.39. The van der Waals surface area contributed by atoms with Crippen LogP contribution in [0.25, 0.3) is 0 Å². The van der Waals surface area contributed by atoms with E-state index < -0.39 is 28.7 Å². The third-order valence-corrected chi connectivity index (χ3v) is 6.34. The Balaban J connectivity index is 2.08. The maximum Gasteiger partial charge on any atom is 0.241 e. The smallest absolute Gasteiger partial charge is 0.241 e. The Morgan fingerprint density at radius 3 is 1.97 bits per heavy atom. The van der Waals surface area contributed by atoms with Gasteiger partial charge in [-0.15, -0.1) is 0 Å². The molecule has 5 nitrogen and oxygen atoms in total. The number of nitrogens with one attached hydrogen (secondary N) is 1. The van der Waals surface area contributed by atoms with Crippen molar-refractivity contribution in [2.75, 3.05) is 20.9 Å². The van der Waals surface area contributed by atoms with Gasteiger partial charge in [0.2, 0.25) is 10.0 Å². The van der Waals surface area contributed by atoms with Crippen molar-refractivity contribution >= 4 is 10.0 Å². The van der Waals surface area contributed by atoms with Gasteiger partial charge in [0.1, 0.15) is 11.5 Å². The zero-order valence-corrected chi connectivity index (χ0v) is 17.6. The van der Waals surface area contributed by atoms with E-state index in [0.29, 0.717) is 22.6 Å². The third kappa shape index (κ3) is 4.98. The van der Waals surface area contributed by atoms with Crippen LogP contribution in [0.3, 0.4) is 0 Å². The molecular weight excluding hydrogens is 405 g/mol. The van der Waals surface area contributed by atoms with E-state index in [9.17, 15) is 12.8 Å². The summed E-state index contributed by atoms with van der Waals surface area (Å²) in [6.07, 6.45) is 0. The van der Waals surface area contributed by atoms with Gasteiger partial charge < -0.3 is 9.47 Å². The number of hydrogen-bond donors (Lipinski definition) is 1. The Morgan fingerprint density at radius 2 is 1.40 bits per heavy atom. The molecule has 3 aromatic carbocycles. The third-order valence-electron chi connectivity index (χ3n) is 4.88. The van der Waals surface area contributed by atoms with Crippen LogP contribution in [0.1, 0.15) is 23.1 Å². The van der Waals surface area contributed by atoms with Crippen molar-refractivity contribution in [1.82, 2.24) is 4.72 Å². The van der Waals surface area contributed by atoms with E-state index in [1.165, 1.54) is 26.4 Å². The molecule has 0 aliphatic carbocycles. The molecule has 3 rings (SSSR count). The number of hydrogen-bond acceptors (Lipinski definition) is 4. The molecular formula is C23H24FNO4S. The maximum atomic E-state index is 14.4. The highest BCUT2D eigenvalue weighted by Gasteiger charge is 2.30. The van der Waals surface area contributed by atoms with Gasteiger partial charge in [0, 0.05) is 5.92 Å². The van der Waals surface area contributed by atoms with E-state index >= 15 is 0 Å². The van der Waals surface area contributed by atoms with E-state index in [1.807, 2.05) is 0 Å². The Labute approximate surface area is 176 Å². The predicted octanol–water partition coefficient (Wildman–Crippen LogP) is 4.48. The molecule has 7 heteroatoms. The van der Waals surface area contributed by atoms with Gasteiger partial charge in [0.15, 0.2) is 0 Å². The van der Waals surface area contributed by atoms with Crippen LogP contribution in [-0.2, 0) is 10.0 Å². The number of halogens is 1. The van der Waals surface area contributed by atoms with Crippen LogP contribution in [0.5, 0.6) is 11.5 Å². The molecule has 2 atom stereocenters. The van der Waals surface area contributed by atoms with Crippen LogP contribution in [-0.4, -0.2) is 29.3 Å². The first-order valence-corrected chi connectivity index (χ1v) is 10.9. The van der Waals surface area contributed by atoms with Gasteiger partial charge in [-0.05, 0) is 47.5 Å². The summed E-state index contributed by atoms with van der Waals surface area (Å²) in [5, 5.41) is 0. The van der Waals surface area contributed by atoms with Crippen LogP contribution >= 0.6 is 0 Å². The van der Waals surface area contributed by atoms with Gasteiger partial charge in [0.05, 0.1) is 31.8 Å². The number of ether oxygens (including phenoxy) is 2. The van der Waals surface area contributed by atoms with Gasteiger partial charge >= 0.3 is 0 Å². The monoisotopic (exact) mass is 429 g/mol. The second-order valence-electron chi connectivity index (χ2n) is 6.73. The molecule has 0 spiro atoms. The van der Waals surface area contributed by atoms with Gasteiger partial charge in [-0.1, -0.05) is 42.5 Å². The van der Waals surface area contributed by atoms with Crippen LogP contribution in [0.2, 0.25) is 0 Å². The summed E-state index contributed by atoms with van der Waals surface area (Å²) < 4.78 is 53.7. The topological polar surface area (TPSA) is 64.6 Å². The lowest BCUT2D eigenvalue weighted by atomic mass is 9.88. The van der Waals surface area contributed by atoms with Crippen molar-refractivity contribution in [3.63, 3.8) is 0 Å². The van der Waals surface area contributed by atoms with Crippen molar-refractivity contribution in [2.45, 2.75) is 16.9 Å². The maximum absolute atomic E-state index is 14.4. The molecule has 0 heterocycles. The fraction of sp³-hybridized carbons (Fsp3) is 0.217. The van der Waals surface area contributed by atoms with Crippen molar-refractivity contribution < 1.29 is 22.3 Å². The number of rotatable bonds is 9. The molecule has 0 radical (unpaired) electrons. The van der Waals surface area contributed by atoms with E-state index in [0.717, 1.165) is 0 Å². The van der Waals surface area contributed by atoms with Crippen LogP contribution in [0.15, 0.2) is 83.8 Å². The molecule has 0 saturated carbocycles. The van der Waals surface area contributed by atoms with E-state index in [-0.39, 0.29) is 4.90 Å². The fourth-order valence-electron chi connectivity index (χ4n) is 3.30. The lowest BCUT2D eigenvalue weighted by molar-refractivity contribution is 0.370. The van der Waals surface area contributed by atoms with Crippen LogP contribution in [0.4, 0.5) is 4.39 Å². The largest absolute Gasteiger partial charge is 0.497 e.